The van der Waals surface area contributed by atoms with Gasteiger partial charge in [0.05, 0.1) is 26.2 Å². The molecule has 1 aliphatic heterocycles. The number of carbonyl (C=O) groups excluding carboxylic acids is 1. The molecule has 1 aliphatic rings. The summed E-state index contributed by atoms with van der Waals surface area (Å²) in [5.41, 5.74) is 0.295. The van der Waals surface area contributed by atoms with Crippen LogP contribution < -0.4 is 10.0 Å². The molecule has 7 nitrogen and oxygen atoms in total. The highest BCUT2D eigenvalue weighted by Crippen LogP contribution is 2.63. The second kappa shape index (κ2) is 8.59. The van der Waals surface area contributed by atoms with E-state index in [0.717, 1.165) is 5.56 Å². The third-order valence-electron chi connectivity index (χ3n) is 4.24. The van der Waals surface area contributed by atoms with Gasteiger partial charge in [-0.05, 0) is 39.0 Å². The number of rotatable bonds is 9. The van der Waals surface area contributed by atoms with E-state index in [1.165, 1.54) is 0 Å². The highest BCUT2D eigenvalue weighted by Gasteiger charge is 2.40. The molecule has 0 bridgehead atoms. The first-order valence-corrected chi connectivity index (χ1v) is 12.6. The summed E-state index contributed by atoms with van der Waals surface area (Å²) in [5.74, 6) is -0.194. The van der Waals surface area contributed by atoms with Crippen LogP contribution >= 0.6 is 15.0 Å². The largest absolute Gasteiger partial charge is 0.426 e. The second-order valence-electron chi connectivity index (χ2n) is 6.89. The molecular formula is C18H28O7P2. The summed E-state index contributed by atoms with van der Waals surface area (Å²) in [6, 6.07) is 4.92. The van der Waals surface area contributed by atoms with Crippen LogP contribution in [0.1, 0.15) is 46.6 Å². The Morgan fingerprint density at radius 1 is 1.04 bits per heavy atom. The molecule has 0 N–H and O–H groups in total. The van der Waals surface area contributed by atoms with Crippen LogP contribution in [-0.2, 0) is 32.9 Å². The van der Waals surface area contributed by atoms with Crippen molar-refractivity contribution < 1.29 is 32.2 Å². The maximum absolute atomic E-state index is 13.7. The third kappa shape index (κ3) is 5.10. The van der Waals surface area contributed by atoms with Gasteiger partial charge in [-0.15, -0.1) is 0 Å². The van der Waals surface area contributed by atoms with Gasteiger partial charge >= 0.3 is 13.6 Å². The number of esters is 1. The highest BCUT2D eigenvalue weighted by molar-refractivity contribution is 7.78. The molecule has 1 atom stereocenters. The van der Waals surface area contributed by atoms with Gasteiger partial charge in [0.2, 0.25) is 7.37 Å². The number of hydrogen-bond donors (Lipinski definition) is 0. The average Bonchev–Trinajstić information content (AvgIpc) is 2.54. The molecule has 0 radical (unpaired) electrons. The first-order valence-electron chi connectivity index (χ1n) is 9.06. The van der Waals surface area contributed by atoms with Crippen LogP contribution in [0.3, 0.4) is 0 Å². The van der Waals surface area contributed by atoms with Gasteiger partial charge < -0.3 is 18.3 Å². The molecule has 0 spiro atoms. The average molecular weight is 418 g/mol. The van der Waals surface area contributed by atoms with Gasteiger partial charge in [-0.3, -0.25) is 13.9 Å². The Labute approximate surface area is 160 Å². The Hall–Kier alpha value is -0.970. The minimum absolute atomic E-state index is 0.177. The molecule has 0 saturated carbocycles. The molecule has 0 amide bonds. The smallest absolute Gasteiger partial charge is 0.340 e. The zero-order valence-corrected chi connectivity index (χ0v) is 18.3. The van der Waals surface area contributed by atoms with Gasteiger partial charge in [0.1, 0.15) is 11.7 Å². The maximum atomic E-state index is 13.7. The summed E-state index contributed by atoms with van der Waals surface area (Å²) in [7, 11) is -7.10. The first kappa shape index (κ1) is 22.3. The van der Waals surface area contributed by atoms with Crippen LogP contribution in [0.25, 0.3) is 0 Å². The van der Waals surface area contributed by atoms with Crippen molar-refractivity contribution >= 4 is 26.2 Å². The van der Waals surface area contributed by atoms with E-state index in [2.05, 4.69) is 0 Å². The number of hydrogen-bond acceptors (Lipinski definition) is 7. The highest BCUT2D eigenvalue weighted by atomic mass is 31.2. The number of carbonyl (C=O) groups is 1. The zero-order valence-electron chi connectivity index (χ0n) is 16.5. The standard InChI is InChI=1S/C18H28O7P2/c1-6-22-26(20,13-27(21,23-7-2)24-8-3)14-9-10-16-15(11-14)18(4,5)12-17(19)25-16/h9-11H,6-8,12-13H2,1-5H3. The number of fused-ring (bicyclic) bond motifs is 1. The molecule has 9 heteroatoms. The molecule has 1 unspecified atom stereocenters. The van der Waals surface area contributed by atoms with Crippen LogP contribution in [0.15, 0.2) is 18.2 Å². The fourth-order valence-corrected chi connectivity index (χ4v) is 8.62. The van der Waals surface area contributed by atoms with E-state index in [-0.39, 0.29) is 38.1 Å². The van der Waals surface area contributed by atoms with Crippen molar-refractivity contribution in [1.82, 2.24) is 0 Å². The van der Waals surface area contributed by atoms with Crippen LogP contribution in [0.5, 0.6) is 5.75 Å². The predicted molar refractivity (Wildman–Crippen MR) is 104 cm³/mol. The summed E-state index contributed by atoms with van der Waals surface area (Å²) < 4.78 is 48.2. The van der Waals surface area contributed by atoms with Crippen molar-refractivity contribution in [1.29, 1.82) is 0 Å². The second-order valence-corrected chi connectivity index (χ2v) is 11.9. The molecule has 0 aliphatic carbocycles. The SMILES string of the molecule is CCOP(=O)(CP(=O)(OCC)c1ccc2c(c1)C(C)(C)CC(=O)O2)OCC. The Balaban J connectivity index is 2.49. The van der Waals surface area contributed by atoms with E-state index in [9.17, 15) is 13.9 Å². The van der Waals surface area contributed by atoms with Gasteiger partial charge in [0.15, 0.2) is 0 Å². The van der Waals surface area contributed by atoms with E-state index in [1.54, 1.807) is 39.0 Å². The Bertz CT molecular complexity index is 778. The van der Waals surface area contributed by atoms with Gasteiger partial charge in [-0.2, -0.15) is 0 Å². The van der Waals surface area contributed by atoms with Crippen molar-refractivity contribution in [3.63, 3.8) is 0 Å². The van der Waals surface area contributed by atoms with E-state index < -0.39 is 20.4 Å². The van der Waals surface area contributed by atoms with Gasteiger partial charge in [0.25, 0.3) is 0 Å². The summed E-state index contributed by atoms with van der Waals surface area (Å²) in [6.45, 7) is 9.51. The monoisotopic (exact) mass is 418 g/mol. The summed E-state index contributed by atoms with van der Waals surface area (Å²) in [6.07, 6.45) is 0.221. The molecule has 1 heterocycles. The molecule has 1 aromatic rings. The normalized spacial score (nSPS) is 18.5. The van der Waals surface area contributed by atoms with Crippen LogP contribution in [0.2, 0.25) is 0 Å². The lowest BCUT2D eigenvalue weighted by Crippen LogP contribution is -2.31. The lowest BCUT2D eigenvalue weighted by molar-refractivity contribution is -0.136. The Morgan fingerprint density at radius 2 is 1.63 bits per heavy atom. The topological polar surface area (TPSA) is 88.1 Å². The minimum Gasteiger partial charge on any atom is -0.426 e. The van der Waals surface area contributed by atoms with Gasteiger partial charge in [-0.1, -0.05) is 13.8 Å². The van der Waals surface area contributed by atoms with Crippen LogP contribution in [0, 0.1) is 0 Å². The molecule has 0 aromatic heterocycles. The summed E-state index contributed by atoms with van der Waals surface area (Å²) in [5, 5.41) is 0.411. The summed E-state index contributed by atoms with van der Waals surface area (Å²) in [4.78, 5) is 11.8. The van der Waals surface area contributed by atoms with Crippen LogP contribution in [-0.4, -0.2) is 31.7 Å². The third-order valence-corrected chi connectivity index (χ3v) is 10.2. The van der Waals surface area contributed by atoms with E-state index in [0.29, 0.717) is 11.1 Å². The number of ether oxygens (including phenoxy) is 1. The van der Waals surface area contributed by atoms with Crippen LogP contribution in [0.4, 0.5) is 0 Å². The van der Waals surface area contributed by atoms with Crippen molar-refractivity contribution in [2.75, 3.05) is 25.7 Å². The Morgan fingerprint density at radius 3 is 2.19 bits per heavy atom. The van der Waals surface area contributed by atoms with E-state index in [4.69, 9.17) is 18.3 Å². The lowest BCUT2D eigenvalue weighted by Gasteiger charge is -2.32. The minimum atomic E-state index is -3.58. The quantitative estimate of drug-likeness (QED) is 0.333. The molecular weight excluding hydrogens is 390 g/mol. The molecule has 2 rings (SSSR count). The lowest BCUT2D eigenvalue weighted by atomic mass is 9.79. The van der Waals surface area contributed by atoms with Crippen molar-refractivity contribution in [2.24, 2.45) is 0 Å². The molecule has 0 saturated heterocycles. The van der Waals surface area contributed by atoms with Crippen molar-refractivity contribution in [3.05, 3.63) is 23.8 Å². The Kier molecular flexibility index (Phi) is 7.10. The van der Waals surface area contributed by atoms with Crippen molar-refractivity contribution in [3.8, 4) is 5.75 Å². The predicted octanol–water partition coefficient (Wildman–Crippen LogP) is 4.44. The molecule has 0 fully saturated rings. The first-order chi connectivity index (χ1) is 12.6. The molecule has 152 valence electrons. The van der Waals surface area contributed by atoms with E-state index >= 15 is 0 Å². The zero-order chi connectivity index (χ0) is 20.3. The molecule has 1 aromatic carbocycles. The fraction of sp³-hybridized carbons (Fsp3) is 0.611. The van der Waals surface area contributed by atoms with Gasteiger partial charge in [-0.25, -0.2) is 0 Å². The molecule has 27 heavy (non-hydrogen) atoms. The maximum Gasteiger partial charge on any atom is 0.340 e. The number of benzene rings is 1. The fourth-order valence-electron chi connectivity index (χ4n) is 3.11. The van der Waals surface area contributed by atoms with Gasteiger partial charge in [0, 0.05) is 16.3 Å². The van der Waals surface area contributed by atoms with E-state index in [1.807, 2.05) is 13.8 Å². The van der Waals surface area contributed by atoms with Crippen molar-refractivity contribution in [2.45, 2.75) is 46.5 Å². The summed E-state index contributed by atoms with van der Waals surface area (Å²) >= 11 is 0.